The van der Waals surface area contributed by atoms with E-state index in [0.29, 0.717) is 6.42 Å². The van der Waals surface area contributed by atoms with Crippen molar-refractivity contribution in [3.8, 4) is 0 Å². The molecule has 3 nitrogen and oxygen atoms in total. The first kappa shape index (κ1) is 15.3. The minimum absolute atomic E-state index is 0.0221. The highest BCUT2D eigenvalue weighted by molar-refractivity contribution is 6.21. The molecule has 0 saturated heterocycles. The summed E-state index contributed by atoms with van der Waals surface area (Å²) in [6, 6.07) is 29.7. The lowest BCUT2D eigenvalue weighted by Crippen LogP contribution is -2.29. The fourth-order valence-electron chi connectivity index (χ4n) is 3.15. The summed E-state index contributed by atoms with van der Waals surface area (Å²) in [4.78, 5) is 13.1. The molecule has 122 valence electrons. The molecular formula is C22H18N2O. The zero-order valence-corrected chi connectivity index (χ0v) is 13.7. The van der Waals surface area contributed by atoms with Crippen LogP contribution < -0.4 is 5.01 Å². The van der Waals surface area contributed by atoms with Gasteiger partial charge in [-0.3, -0.25) is 4.79 Å². The summed E-state index contributed by atoms with van der Waals surface area (Å²) >= 11 is 0. The largest absolute Gasteiger partial charge is 0.272 e. The Kier molecular flexibility index (Phi) is 4.13. The molecule has 0 aliphatic carbocycles. The highest BCUT2D eigenvalue weighted by atomic mass is 16.2. The van der Waals surface area contributed by atoms with Crippen molar-refractivity contribution in [2.24, 2.45) is 11.0 Å². The molecule has 3 aromatic carbocycles. The Morgan fingerprint density at radius 2 is 1.32 bits per heavy atom. The first-order valence-corrected chi connectivity index (χ1v) is 8.40. The molecule has 4 rings (SSSR count). The highest BCUT2D eigenvalue weighted by Crippen LogP contribution is 2.28. The molecule has 1 aliphatic heterocycles. The fourth-order valence-corrected chi connectivity index (χ4v) is 3.15. The summed E-state index contributed by atoms with van der Waals surface area (Å²) < 4.78 is 0. The van der Waals surface area contributed by atoms with Crippen LogP contribution in [0.2, 0.25) is 0 Å². The van der Waals surface area contributed by atoms with Crippen molar-refractivity contribution in [1.82, 2.24) is 0 Å². The van der Waals surface area contributed by atoms with Crippen LogP contribution in [0.1, 0.15) is 11.1 Å². The second kappa shape index (κ2) is 6.73. The predicted octanol–water partition coefficient (Wildman–Crippen LogP) is 4.30. The zero-order valence-electron chi connectivity index (χ0n) is 13.7. The van der Waals surface area contributed by atoms with Gasteiger partial charge in [-0.25, -0.2) is 0 Å². The van der Waals surface area contributed by atoms with Crippen LogP contribution in [0, 0.1) is 5.92 Å². The van der Waals surface area contributed by atoms with Gasteiger partial charge in [0.15, 0.2) is 0 Å². The number of rotatable bonds is 4. The normalized spacial score (nSPS) is 16.8. The number of carbonyl (C=O) groups excluding carboxylic acids is 1. The van der Waals surface area contributed by atoms with E-state index in [1.807, 2.05) is 78.9 Å². The third-order valence-electron chi connectivity index (χ3n) is 4.40. The summed E-state index contributed by atoms with van der Waals surface area (Å²) in [5, 5.41) is 6.23. The van der Waals surface area contributed by atoms with Crippen LogP contribution in [0.15, 0.2) is 96.1 Å². The molecule has 25 heavy (non-hydrogen) atoms. The number of nitrogens with zero attached hydrogens (tertiary/aromatic N) is 2. The lowest BCUT2D eigenvalue weighted by atomic mass is 9.90. The monoisotopic (exact) mass is 326 g/mol. The third-order valence-corrected chi connectivity index (χ3v) is 4.40. The van der Waals surface area contributed by atoms with Crippen LogP contribution in [0.4, 0.5) is 5.69 Å². The summed E-state index contributed by atoms with van der Waals surface area (Å²) in [6.45, 7) is 0. The fraction of sp³-hybridized carbons (Fsp3) is 0.0909. The average molecular weight is 326 g/mol. The van der Waals surface area contributed by atoms with Gasteiger partial charge < -0.3 is 0 Å². The molecule has 3 aromatic rings. The number of hydrogen-bond acceptors (Lipinski definition) is 2. The number of para-hydroxylation sites is 1. The number of carbonyl (C=O) groups is 1. The van der Waals surface area contributed by atoms with E-state index in [1.165, 1.54) is 5.01 Å². The lowest BCUT2D eigenvalue weighted by molar-refractivity contribution is -0.119. The van der Waals surface area contributed by atoms with E-state index >= 15 is 0 Å². The Morgan fingerprint density at radius 3 is 1.96 bits per heavy atom. The van der Waals surface area contributed by atoms with Crippen molar-refractivity contribution in [2.45, 2.75) is 6.42 Å². The van der Waals surface area contributed by atoms with Gasteiger partial charge in [0.25, 0.3) is 5.91 Å². The Balaban J connectivity index is 1.73. The maximum atomic E-state index is 13.1. The van der Waals surface area contributed by atoms with Crippen LogP contribution in [0.3, 0.4) is 0 Å². The molecule has 1 atom stereocenters. The molecule has 1 aliphatic rings. The molecule has 0 N–H and O–H groups in total. The molecule has 0 aromatic heterocycles. The molecule has 0 radical (unpaired) electrons. The minimum atomic E-state index is -0.273. The minimum Gasteiger partial charge on any atom is -0.272 e. The van der Waals surface area contributed by atoms with Gasteiger partial charge in [0, 0.05) is 0 Å². The van der Waals surface area contributed by atoms with Gasteiger partial charge >= 0.3 is 0 Å². The van der Waals surface area contributed by atoms with Crippen LogP contribution in [-0.4, -0.2) is 11.6 Å². The second-order valence-electron chi connectivity index (χ2n) is 6.08. The van der Waals surface area contributed by atoms with Crippen LogP contribution in [0.25, 0.3) is 0 Å². The first-order valence-electron chi connectivity index (χ1n) is 8.40. The maximum absolute atomic E-state index is 13.1. The number of benzene rings is 3. The van der Waals surface area contributed by atoms with Crippen molar-refractivity contribution >= 4 is 17.3 Å². The molecular weight excluding hydrogens is 308 g/mol. The number of amides is 1. The van der Waals surface area contributed by atoms with E-state index in [1.54, 1.807) is 0 Å². The van der Waals surface area contributed by atoms with E-state index in [0.717, 1.165) is 22.5 Å². The van der Waals surface area contributed by atoms with Gasteiger partial charge in [-0.05, 0) is 29.7 Å². The smallest absolute Gasteiger partial charge is 0.256 e. The molecule has 3 heteroatoms. The van der Waals surface area contributed by atoms with Crippen molar-refractivity contribution < 1.29 is 4.79 Å². The molecule has 0 fully saturated rings. The van der Waals surface area contributed by atoms with Crippen LogP contribution >= 0.6 is 0 Å². The van der Waals surface area contributed by atoms with Crippen molar-refractivity contribution in [2.75, 3.05) is 5.01 Å². The van der Waals surface area contributed by atoms with Crippen molar-refractivity contribution in [1.29, 1.82) is 0 Å². The molecule has 0 unspecified atom stereocenters. The summed E-state index contributed by atoms with van der Waals surface area (Å²) in [5.41, 5.74) is 3.77. The summed E-state index contributed by atoms with van der Waals surface area (Å²) in [5.74, 6) is -0.251. The van der Waals surface area contributed by atoms with E-state index in [9.17, 15) is 4.79 Å². The van der Waals surface area contributed by atoms with Crippen molar-refractivity contribution in [3.63, 3.8) is 0 Å². The molecule has 0 saturated carbocycles. The average Bonchev–Trinajstić information content (AvgIpc) is 3.01. The molecule has 1 amide bonds. The highest BCUT2D eigenvalue weighted by Gasteiger charge is 2.37. The topological polar surface area (TPSA) is 32.7 Å². The molecule has 0 bridgehead atoms. The SMILES string of the molecule is O=C1[C@@H](Cc2ccccc2)C(c2ccccc2)=NN1c1ccccc1. The Morgan fingerprint density at radius 1 is 0.760 bits per heavy atom. The van der Waals surface area contributed by atoms with Crippen LogP contribution in [-0.2, 0) is 11.2 Å². The number of anilines is 1. The Labute approximate surface area is 147 Å². The van der Waals surface area contributed by atoms with Gasteiger partial charge in [0.2, 0.25) is 0 Å². The quantitative estimate of drug-likeness (QED) is 0.704. The zero-order chi connectivity index (χ0) is 17.1. The third kappa shape index (κ3) is 3.09. The lowest BCUT2D eigenvalue weighted by Gasteiger charge is -2.14. The number of hydrogen-bond donors (Lipinski definition) is 0. The van der Waals surface area contributed by atoms with E-state index in [4.69, 9.17) is 0 Å². The van der Waals surface area contributed by atoms with E-state index in [-0.39, 0.29) is 11.8 Å². The first-order chi connectivity index (χ1) is 12.3. The maximum Gasteiger partial charge on any atom is 0.256 e. The second-order valence-corrected chi connectivity index (χ2v) is 6.08. The Bertz CT molecular complexity index is 889. The van der Waals surface area contributed by atoms with Gasteiger partial charge in [0.1, 0.15) is 0 Å². The summed E-state index contributed by atoms with van der Waals surface area (Å²) in [6.07, 6.45) is 0.650. The van der Waals surface area contributed by atoms with Gasteiger partial charge in [0.05, 0.1) is 17.3 Å². The van der Waals surface area contributed by atoms with Crippen LogP contribution in [0.5, 0.6) is 0 Å². The standard InChI is InChI=1S/C22H18N2O/c25-22-20(16-17-10-4-1-5-11-17)21(18-12-6-2-7-13-18)23-24(22)19-14-8-3-9-15-19/h1-15,20H,16H2/t20-/m0/s1. The summed E-state index contributed by atoms with van der Waals surface area (Å²) in [7, 11) is 0. The molecule has 0 spiro atoms. The van der Waals surface area contributed by atoms with E-state index < -0.39 is 0 Å². The van der Waals surface area contributed by atoms with Gasteiger partial charge in [-0.15, -0.1) is 0 Å². The van der Waals surface area contributed by atoms with Gasteiger partial charge in [-0.1, -0.05) is 78.9 Å². The predicted molar refractivity (Wildman–Crippen MR) is 101 cm³/mol. The van der Waals surface area contributed by atoms with E-state index in [2.05, 4.69) is 17.2 Å². The number of hydrazone groups is 1. The molecule has 1 heterocycles. The van der Waals surface area contributed by atoms with Gasteiger partial charge in [-0.2, -0.15) is 10.1 Å². The Hall–Kier alpha value is -3.20. The van der Waals surface area contributed by atoms with Crippen molar-refractivity contribution in [3.05, 3.63) is 102 Å².